The molecule has 0 amide bonds. The van der Waals surface area contributed by atoms with Crippen molar-refractivity contribution in [2.45, 2.75) is 13.3 Å². The number of fused-ring (bicyclic) bond motifs is 1. The van der Waals surface area contributed by atoms with Crippen molar-refractivity contribution in [3.8, 4) is 5.75 Å². The van der Waals surface area contributed by atoms with Crippen molar-refractivity contribution in [2.75, 3.05) is 19.0 Å². The Balaban J connectivity index is 2.63. The van der Waals surface area contributed by atoms with Crippen molar-refractivity contribution in [1.29, 1.82) is 0 Å². The summed E-state index contributed by atoms with van der Waals surface area (Å²) in [6.45, 7) is 3.04. The van der Waals surface area contributed by atoms with Crippen LogP contribution in [0, 0.1) is 0 Å². The molecular formula is C13H15ClN2O. The number of anilines is 1. The number of hydrogen-bond donors (Lipinski definition) is 1. The van der Waals surface area contributed by atoms with Crippen LogP contribution < -0.4 is 10.1 Å². The molecule has 90 valence electrons. The molecule has 17 heavy (non-hydrogen) atoms. The molecule has 1 heterocycles. The number of benzene rings is 1. The van der Waals surface area contributed by atoms with Crippen LogP contribution in [-0.2, 0) is 0 Å². The molecule has 1 aromatic heterocycles. The van der Waals surface area contributed by atoms with E-state index in [9.17, 15) is 0 Å². The van der Waals surface area contributed by atoms with Crippen LogP contribution in [0.5, 0.6) is 5.75 Å². The normalized spacial score (nSPS) is 10.5. The number of pyridine rings is 1. The Morgan fingerprint density at radius 1 is 1.35 bits per heavy atom. The van der Waals surface area contributed by atoms with Crippen molar-refractivity contribution in [1.82, 2.24) is 4.98 Å². The van der Waals surface area contributed by atoms with Gasteiger partial charge in [0, 0.05) is 18.4 Å². The minimum atomic E-state index is 0.640. The number of rotatable bonds is 4. The average molecular weight is 251 g/mol. The number of nitrogens with one attached hydrogen (secondary N) is 1. The van der Waals surface area contributed by atoms with E-state index in [2.05, 4.69) is 17.2 Å². The van der Waals surface area contributed by atoms with Crippen molar-refractivity contribution < 1.29 is 4.74 Å². The molecule has 0 saturated heterocycles. The van der Waals surface area contributed by atoms with E-state index >= 15 is 0 Å². The lowest BCUT2D eigenvalue weighted by Gasteiger charge is -2.12. The van der Waals surface area contributed by atoms with Crippen molar-refractivity contribution in [2.24, 2.45) is 0 Å². The molecule has 0 aliphatic carbocycles. The number of hydrogen-bond acceptors (Lipinski definition) is 3. The summed E-state index contributed by atoms with van der Waals surface area (Å²) in [6.07, 6.45) is 2.82. The number of aromatic nitrogens is 1. The average Bonchev–Trinajstić information content (AvgIpc) is 2.37. The lowest BCUT2D eigenvalue weighted by molar-refractivity contribution is 0.420. The van der Waals surface area contributed by atoms with Crippen LogP contribution in [0.15, 0.2) is 24.4 Å². The molecule has 0 radical (unpaired) electrons. The molecule has 0 saturated carbocycles. The molecule has 0 unspecified atom stereocenters. The summed E-state index contributed by atoms with van der Waals surface area (Å²) in [7, 11) is 1.65. The van der Waals surface area contributed by atoms with Gasteiger partial charge in [-0.2, -0.15) is 0 Å². The first-order chi connectivity index (χ1) is 8.27. The van der Waals surface area contributed by atoms with E-state index in [1.165, 1.54) is 0 Å². The van der Waals surface area contributed by atoms with Gasteiger partial charge in [-0.1, -0.05) is 18.5 Å². The van der Waals surface area contributed by atoms with Crippen LogP contribution in [0.25, 0.3) is 10.9 Å². The first-order valence-electron chi connectivity index (χ1n) is 5.63. The standard InChI is InChI=1S/C13H15ClN2O/c1-3-7-15-10-6-8-16-13-9(14)4-5-11(17-2)12(10)13/h4-6,8H,3,7H2,1-2H3,(H,15,16). The number of nitrogens with zero attached hydrogens (tertiary/aromatic N) is 1. The van der Waals surface area contributed by atoms with Gasteiger partial charge in [-0.3, -0.25) is 4.98 Å². The van der Waals surface area contributed by atoms with E-state index in [-0.39, 0.29) is 0 Å². The Labute approximate surface area is 106 Å². The Hall–Kier alpha value is -1.48. The van der Waals surface area contributed by atoms with Gasteiger partial charge in [0.05, 0.1) is 23.0 Å². The van der Waals surface area contributed by atoms with E-state index in [0.717, 1.165) is 35.3 Å². The number of ether oxygens (including phenoxy) is 1. The third kappa shape index (κ3) is 2.29. The predicted molar refractivity (Wildman–Crippen MR) is 72.1 cm³/mol. The van der Waals surface area contributed by atoms with E-state index in [1.54, 1.807) is 19.4 Å². The van der Waals surface area contributed by atoms with Crippen LogP contribution in [-0.4, -0.2) is 18.6 Å². The lowest BCUT2D eigenvalue weighted by Crippen LogP contribution is -2.01. The fourth-order valence-electron chi connectivity index (χ4n) is 1.78. The fourth-order valence-corrected chi connectivity index (χ4v) is 1.99. The van der Waals surface area contributed by atoms with Crippen LogP contribution in [0.3, 0.4) is 0 Å². The van der Waals surface area contributed by atoms with Crippen molar-refractivity contribution in [3.63, 3.8) is 0 Å². The van der Waals surface area contributed by atoms with Gasteiger partial charge in [-0.25, -0.2) is 0 Å². The Bertz CT molecular complexity index is 528. The Kier molecular flexibility index (Phi) is 3.69. The molecule has 0 atom stereocenters. The molecule has 4 heteroatoms. The molecule has 0 aliphatic rings. The second-order valence-corrected chi connectivity index (χ2v) is 4.17. The molecule has 1 N–H and O–H groups in total. The van der Waals surface area contributed by atoms with Gasteiger partial charge in [0.15, 0.2) is 0 Å². The number of methoxy groups -OCH3 is 1. The molecule has 2 rings (SSSR count). The summed E-state index contributed by atoms with van der Waals surface area (Å²) < 4.78 is 5.36. The summed E-state index contributed by atoms with van der Waals surface area (Å²) in [4.78, 5) is 4.31. The van der Waals surface area contributed by atoms with Crippen LogP contribution in [0.2, 0.25) is 5.02 Å². The summed E-state index contributed by atoms with van der Waals surface area (Å²) in [5.74, 6) is 0.788. The van der Waals surface area contributed by atoms with E-state index < -0.39 is 0 Å². The minimum Gasteiger partial charge on any atom is -0.496 e. The highest BCUT2D eigenvalue weighted by molar-refractivity contribution is 6.35. The predicted octanol–water partition coefficient (Wildman–Crippen LogP) is 3.72. The highest BCUT2D eigenvalue weighted by atomic mass is 35.5. The topological polar surface area (TPSA) is 34.2 Å². The zero-order valence-corrected chi connectivity index (χ0v) is 10.7. The monoisotopic (exact) mass is 250 g/mol. The van der Waals surface area contributed by atoms with Gasteiger partial charge in [-0.05, 0) is 24.6 Å². The second-order valence-electron chi connectivity index (χ2n) is 3.76. The van der Waals surface area contributed by atoms with Crippen molar-refractivity contribution >= 4 is 28.2 Å². The number of halogens is 1. The first-order valence-corrected chi connectivity index (χ1v) is 6.00. The molecule has 0 aliphatic heterocycles. The SMILES string of the molecule is CCCNc1ccnc2c(Cl)ccc(OC)c12. The minimum absolute atomic E-state index is 0.640. The summed E-state index contributed by atoms with van der Waals surface area (Å²) >= 11 is 6.15. The quantitative estimate of drug-likeness (QED) is 0.898. The molecular weight excluding hydrogens is 236 g/mol. The molecule has 0 bridgehead atoms. The fraction of sp³-hybridized carbons (Fsp3) is 0.308. The van der Waals surface area contributed by atoms with E-state index in [1.807, 2.05) is 12.1 Å². The maximum Gasteiger partial charge on any atom is 0.130 e. The molecule has 1 aromatic carbocycles. The maximum absolute atomic E-state index is 6.15. The van der Waals surface area contributed by atoms with Gasteiger partial charge in [0.2, 0.25) is 0 Å². The van der Waals surface area contributed by atoms with Crippen LogP contribution >= 0.6 is 11.6 Å². The smallest absolute Gasteiger partial charge is 0.130 e. The Morgan fingerprint density at radius 2 is 2.18 bits per heavy atom. The first kappa shape index (κ1) is 12.0. The highest BCUT2D eigenvalue weighted by Crippen LogP contribution is 2.34. The lowest BCUT2D eigenvalue weighted by atomic mass is 10.1. The molecule has 3 nitrogen and oxygen atoms in total. The molecule has 2 aromatic rings. The third-order valence-corrected chi connectivity index (χ3v) is 2.89. The van der Waals surface area contributed by atoms with Gasteiger partial charge >= 0.3 is 0 Å². The maximum atomic E-state index is 6.15. The zero-order chi connectivity index (χ0) is 12.3. The van der Waals surface area contributed by atoms with Gasteiger partial charge in [-0.15, -0.1) is 0 Å². The zero-order valence-electron chi connectivity index (χ0n) is 9.96. The van der Waals surface area contributed by atoms with E-state index in [4.69, 9.17) is 16.3 Å². The Morgan fingerprint density at radius 3 is 2.88 bits per heavy atom. The largest absolute Gasteiger partial charge is 0.496 e. The second kappa shape index (κ2) is 5.23. The van der Waals surface area contributed by atoms with Gasteiger partial charge < -0.3 is 10.1 Å². The van der Waals surface area contributed by atoms with Crippen LogP contribution in [0.1, 0.15) is 13.3 Å². The third-order valence-electron chi connectivity index (χ3n) is 2.59. The van der Waals surface area contributed by atoms with Crippen molar-refractivity contribution in [3.05, 3.63) is 29.4 Å². The summed E-state index contributed by atoms with van der Waals surface area (Å²) in [6, 6.07) is 5.61. The van der Waals surface area contributed by atoms with Gasteiger partial charge in [0.1, 0.15) is 5.75 Å². The molecule has 0 fully saturated rings. The van der Waals surface area contributed by atoms with Crippen LogP contribution in [0.4, 0.5) is 5.69 Å². The highest BCUT2D eigenvalue weighted by Gasteiger charge is 2.10. The summed E-state index contributed by atoms with van der Waals surface area (Å²) in [5.41, 5.74) is 1.78. The van der Waals surface area contributed by atoms with E-state index in [0.29, 0.717) is 5.02 Å². The molecule has 0 spiro atoms. The summed E-state index contributed by atoms with van der Waals surface area (Å²) in [5, 5.41) is 4.94. The van der Waals surface area contributed by atoms with Gasteiger partial charge in [0.25, 0.3) is 0 Å².